The number of hydrogen-bond donors (Lipinski definition) is 0. The van der Waals surface area contributed by atoms with Crippen molar-refractivity contribution < 1.29 is 14.3 Å². The van der Waals surface area contributed by atoms with Crippen molar-refractivity contribution in [2.75, 3.05) is 19.8 Å². The van der Waals surface area contributed by atoms with Crippen molar-refractivity contribution in [3.8, 4) is 22.8 Å². The van der Waals surface area contributed by atoms with Gasteiger partial charge in [-0.1, -0.05) is 42.5 Å². The number of nitrogens with zero attached hydrogens (tertiary/aromatic N) is 3. The molecule has 0 aliphatic carbocycles. The smallest absolute Gasteiger partial charge is 0.228 e. The van der Waals surface area contributed by atoms with E-state index >= 15 is 0 Å². The number of carbonyl (C=O) groups excluding carboxylic acids is 1. The van der Waals surface area contributed by atoms with Crippen LogP contribution in [0.5, 0.6) is 11.5 Å². The number of rotatable bonds is 6. The highest BCUT2D eigenvalue weighted by Crippen LogP contribution is 2.34. The highest BCUT2D eigenvalue weighted by molar-refractivity contribution is 7.15. The number of benzene rings is 2. The molecule has 0 atom stereocenters. The summed E-state index contributed by atoms with van der Waals surface area (Å²) in [6, 6.07) is 15.9. The van der Waals surface area contributed by atoms with Crippen LogP contribution in [0, 0.1) is 0 Å². The summed E-state index contributed by atoms with van der Waals surface area (Å²) >= 11 is 1.56. The Balaban J connectivity index is 1.35. The zero-order chi connectivity index (χ0) is 21.2. The Morgan fingerprint density at radius 2 is 1.97 bits per heavy atom. The molecule has 158 valence electrons. The Hall–Kier alpha value is -3.32. The van der Waals surface area contributed by atoms with E-state index in [2.05, 4.69) is 0 Å². The Morgan fingerprint density at radius 3 is 2.81 bits per heavy atom. The number of thiazole rings is 1. The van der Waals surface area contributed by atoms with Crippen LogP contribution in [0.15, 0.2) is 60.1 Å². The SMILES string of the molecule is CCN(Cc1cccc2c1OCCO2)C(=O)Cc1csc2nc(-c3ccccc3)cn12. The fraction of sp³-hybridized carbons (Fsp3) is 0.250. The molecule has 0 fully saturated rings. The number of hydrogen-bond acceptors (Lipinski definition) is 5. The van der Waals surface area contributed by atoms with Crippen LogP contribution in [-0.4, -0.2) is 40.0 Å². The highest BCUT2D eigenvalue weighted by Gasteiger charge is 2.21. The van der Waals surface area contributed by atoms with Gasteiger partial charge in [-0.2, -0.15) is 0 Å². The van der Waals surface area contributed by atoms with Crippen molar-refractivity contribution in [1.29, 1.82) is 0 Å². The van der Waals surface area contributed by atoms with Gasteiger partial charge in [-0.05, 0) is 13.0 Å². The van der Waals surface area contributed by atoms with E-state index in [0.29, 0.717) is 32.7 Å². The second-order valence-electron chi connectivity index (χ2n) is 7.40. The Morgan fingerprint density at radius 1 is 1.13 bits per heavy atom. The maximum atomic E-state index is 13.2. The number of aromatic nitrogens is 2. The number of likely N-dealkylation sites (N-methyl/N-ethyl adjacent to an activating group) is 1. The minimum Gasteiger partial charge on any atom is -0.486 e. The van der Waals surface area contributed by atoms with Crippen LogP contribution < -0.4 is 9.47 Å². The Labute approximate surface area is 184 Å². The minimum absolute atomic E-state index is 0.0755. The quantitative estimate of drug-likeness (QED) is 0.452. The van der Waals surface area contributed by atoms with E-state index < -0.39 is 0 Å². The van der Waals surface area contributed by atoms with Gasteiger partial charge in [0.15, 0.2) is 16.5 Å². The molecule has 3 heterocycles. The number of carbonyl (C=O) groups is 1. The van der Waals surface area contributed by atoms with Crippen LogP contribution >= 0.6 is 11.3 Å². The summed E-state index contributed by atoms with van der Waals surface area (Å²) in [5, 5.41) is 2.02. The lowest BCUT2D eigenvalue weighted by Gasteiger charge is -2.25. The maximum absolute atomic E-state index is 13.2. The average Bonchev–Trinajstić information content (AvgIpc) is 3.40. The van der Waals surface area contributed by atoms with Crippen molar-refractivity contribution in [2.24, 2.45) is 0 Å². The topological polar surface area (TPSA) is 56.1 Å². The molecule has 1 amide bonds. The van der Waals surface area contributed by atoms with Gasteiger partial charge >= 0.3 is 0 Å². The second kappa shape index (κ2) is 8.43. The van der Waals surface area contributed by atoms with Crippen LogP contribution in [0.2, 0.25) is 0 Å². The molecule has 0 saturated heterocycles. The zero-order valence-electron chi connectivity index (χ0n) is 17.3. The summed E-state index contributed by atoms with van der Waals surface area (Å²) in [6.07, 6.45) is 2.34. The average molecular weight is 434 g/mol. The highest BCUT2D eigenvalue weighted by atomic mass is 32.1. The van der Waals surface area contributed by atoms with Crippen molar-refractivity contribution in [3.05, 3.63) is 71.4 Å². The largest absolute Gasteiger partial charge is 0.486 e. The number of fused-ring (bicyclic) bond motifs is 2. The van der Waals surface area contributed by atoms with Crippen LogP contribution in [0.1, 0.15) is 18.2 Å². The molecule has 4 aromatic rings. The van der Waals surface area contributed by atoms with Gasteiger partial charge in [0, 0.05) is 41.5 Å². The van der Waals surface area contributed by atoms with E-state index in [1.807, 2.05) is 76.3 Å². The van der Waals surface area contributed by atoms with E-state index in [4.69, 9.17) is 14.5 Å². The summed E-state index contributed by atoms with van der Waals surface area (Å²) < 4.78 is 13.5. The van der Waals surface area contributed by atoms with Crippen LogP contribution in [0.4, 0.5) is 0 Å². The molecular formula is C24H23N3O3S. The van der Waals surface area contributed by atoms with Gasteiger partial charge in [-0.25, -0.2) is 4.98 Å². The molecule has 2 aromatic heterocycles. The van der Waals surface area contributed by atoms with E-state index in [1.165, 1.54) is 0 Å². The monoisotopic (exact) mass is 433 g/mol. The van der Waals surface area contributed by atoms with E-state index in [1.54, 1.807) is 11.3 Å². The van der Waals surface area contributed by atoms with Gasteiger partial charge in [0.2, 0.25) is 5.91 Å². The number of imidazole rings is 1. The zero-order valence-corrected chi connectivity index (χ0v) is 18.1. The number of ether oxygens (including phenoxy) is 2. The first kappa shape index (κ1) is 19.6. The minimum atomic E-state index is 0.0755. The lowest BCUT2D eigenvalue weighted by molar-refractivity contribution is -0.130. The Bertz CT molecular complexity index is 1220. The first-order valence-electron chi connectivity index (χ1n) is 10.4. The summed E-state index contributed by atoms with van der Waals surface area (Å²) in [7, 11) is 0. The molecule has 2 aromatic carbocycles. The van der Waals surface area contributed by atoms with Gasteiger partial charge in [-0.3, -0.25) is 9.20 Å². The molecule has 1 aliphatic rings. The fourth-order valence-corrected chi connectivity index (χ4v) is 4.68. The molecule has 7 heteroatoms. The van der Waals surface area contributed by atoms with Gasteiger partial charge in [-0.15, -0.1) is 11.3 Å². The third-order valence-electron chi connectivity index (χ3n) is 5.43. The first-order chi connectivity index (χ1) is 15.2. The van der Waals surface area contributed by atoms with Crippen molar-refractivity contribution in [1.82, 2.24) is 14.3 Å². The summed E-state index contributed by atoms with van der Waals surface area (Å²) in [5.41, 5.74) is 3.91. The molecule has 0 saturated carbocycles. The van der Waals surface area contributed by atoms with E-state index in [9.17, 15) is 4.79 Å². The molecule has 0 radical (unpaired) electrons. The number of amides is 1. The molecule has 0 N–H and O–H groups in total. The fourth-order valence-electron chi connectivity index (χ4n) is 3.81. The van der Waals surface area contributed by atoms with Crippen LogP contribution in [0.25, 0.3) is 16.2 Å². The molecule has 1 aliphatic heterocycles. The summed E-state index contributed by atoms with van der Waals surface area (Å²) in [5.74, 6) is 1.57. The van der Waals surface area contributed by atoms with Crippen LogP contribution in [-0.2, 0) is 17.8 Å². The standard InChI is InChI=1S/C24H23N3O3S/c1-2-26(14-18-9-6-10-21-23(18)30-12-11-29-21)22(28)13-19-16-31-24-25-20(15-27(19)24)17-7-4-3-5-8-17/h3-10,15-16H,2,11-14H2,1H3. The van der Waals surface area contributed by atoms with Gasteiger partial charge in [0.05, 0.1) is 12.1 Å². The summed E-state index contributed by atoms with van der Waals surface area (Å²) in [4.78, 5) is 20.6. The van der Waals surface area contributed by atoms with Gasteiger partial charge in [0.1, 0.15) is 13.2 Å². The molecule has 5 rings (SSSR count). The van der Waals surface area contributed by atoms with Gasteiger partial charge in [0.25, 0.3) is 0 Å². The van der Waals surface area contributed by atoms with E-state index in [0.717, 1.165) is 39.0 Å². The molecule has 0 spiro atoms. The number of para-hydroxylation sites is 1. The van der Waals surface area contributed by atoms with E-state index in [-0.39, 0.29) is 5.91 Å². The predicted octanol–water partition coefficient (Wildman–Crippen LogP) is 4.43. The molecular weight excluding hydrogens is 410 g/mol. The van der Waals surface area contributed by atoms with Crippen molar-refractivity contribution in [3.63, 3.8) is 0 Å². The molecule has 31 heavy (non-hydrogen) atoms. The third-order valence-corrected chi connectivity index (χ3v) is 6.32. The summed E-state index contributed by atoms with van der Waals surface area (Å²) in [6.45, 7) is 4.20. The molecule has 0 unspecified atom stereocenters. The normalized spacial score (nSPS) is 12.8. The van der Waals surface area contributed by atoms with Gasteiger partial charge < -0.3 is 14.4 Å². The molecule has 6 nitrogen and oxygen atoms in total. The second-order valence-corrected chi connectivity index (χ2v) is 8.23. The molecule has 0 bridgehead atoms. The first-order valence-corrected chi connectivity index (χ1v) is 11.3. The van der Waals surface area contributed by atoms with Crippen molar-refractivity contribution in [2.45, 2.75) is 19.9 Å². The Kier molecular flexibility index (Phi) is 5.34. The van der Waals surface area contributed by atoms with Crippen LogP contribution in [0.3, 0.4) is 0 Å². The lowest BCUT2D eigenvalue weighted by atomic mass is 10.1. The maximum Gasteiger partial charge on any atom is 0.228 e. The third kappa shape index (κ3) is 3.88. The predicted molar refractivity (Wildman–Crippen MR) is 121 cm³/mol. The van der Waals surface area contributed by atoms with Crippen molar-refractivity contribution >= 4 is 22.2 Å². The lowest BCUT2D eigenvalue weighted by Crippen LogP contribution is -2.32.